The number of rotatable bonds is 8. The molecule has 136 valence electrons. The lowest BCUT2D eigenvalue weighted by molar-refractivity contribution is 0.0817. The van der Waals surface area contributed by atoms with E-state index in [4.69, 9.17) is 4.74 Å². The summed E-state index contributed by atoms with van der Waals surface area (Å²) in [5.41, 5.74) is 5.33. The molecule has 4 nitrogen and oxygen atoms in total. The monoisotopic (exact) mass is 342 g/mol. The molecule has 0 atom stereocenters. The number of unbranched alkanes of at least 4 members (excludes halogenated alkanes) is 3. The van der Waals surface area contributed by atoms with Crippen LogP contribution in [0.5, 0.6) is 5.75 Å². The van der Waals surface area contributed by atoms with Gasteiger partial charge >= 0.3 is 0 Å². The van der Waals surface area contributed by atoms with Gasteiger partial charge in [0.05, 0.1) is 5.69 Å². The van der Waals surface area contributed by atoms with Gasteiger partial charge in [-0.15, -0.1) is 0 Å². The van der Waals surface area contributed by atoms with E-state index in [1.165, 1.54) is 35.1 Å². The highest BCUT2D eigenvalue weighted by atomic mass is 16.5. The summed E-state index contributed by atoms with van der Waals surface area (Å²) >= 11 is 0. The summed E-state index contributed by atoms with van der Waals surface area (Å²) < 4.78 is 7.22. The molecule has 0 spiro atoms. The first-order valence-corrected chi connectivity index (χ1v) is 9.22. The molecule has 0 radical (unpaired) electrons. The molecule has 1 aromatic heterocycles. The summed E-state index contributed by atoms with van der Waals surface area (Å²) in [6, 6.07) is 5.96. The first-order chi connectivity index (χ1) is 11.9. The zero-order valence-electron chi connectivity index (χ0n) is 16.2. The van der Waals surface area contributed by atoms with Gasteiger partial charge in [0.25, 0.3) is 5.91 Å². The Morgan fingerprint density at radius 1 is 1.12 bits per heavy atom. The maximum absolute atomic E-state index is 12.5. The number of aryl methyl sites for hydroxylation is 3. The number of carbonyl (C=O) groups excluding carboxylic acids is 1. The molecule has 0 amide bonds. The van der Waals surface area contributed by atoms with Crippen molar-refractivity contribution < 1.29 is 9.53 Å². The minimum atomic E-state index is -0.125. The van der Waals surface area contributed by atoms with Crippen molar-refractivity contribution in [2.75, 3.05) is 6.61 Å². The lowest BCUT2D eigenvalue weighted by Gasteiger charge is -2.10. The van der Waals surface area contributed by atoms with Gasteiger partial charge in [-0.3, -0.25) is 4.79 Å². The predicted octanol–water partition coefficient (Wildman–Crippen LogP) is 4.96. The summed E-state index contributed by atoms with van der Waals surface area (Å²) in [6.45, 7) is 10.2. The van der Waals surface area contributed by atoms with E-state index in [1.807, 2.05) is 39.8 Å². The van der Waals surface area contributed by atoms with Gasteiger partial charge in [0.15, 0.2) is 6.61 Å². The molecule has 0 aliphatic carbocycles. The Hall–Kier alpha value is -2.10. The fraction of sp³-hybridized carbons (Fsp3) is 0.524. The zero-order chi connectivity index (χ0) is 18.4. The minimum absolute atomic E-state index is 0.00113. The van der Waals surface area contributed by atoms with Crippen LogP contribution in [0.4, 0.5) is 0 Å². The van der Waals surface area contributed by atoms with E-state index in [2.05, 4.69) is 18.1 Å². The number of ether oxygens (including phenoxy) is 1. The normalized spacial score (nSPS) is 10.9. The third-order valence-corrected chi connectivity index (χ3v) is 4.64. The molecule has 1 aromatic carbocycles. The quantitative estimate of drug-likeness (QED) is 0.637. The Morgan fingerprint density at radius 2 is 1.88 bits per heavy atom. The van der Waals surface area contributed by atoms with E-state index in [-0.39, 0.29) is 12.5 Å². The average Bonchev–Trinajstić information content (AvgIpc) is 2.85. The third-order valence-electron chi connectivity index (χ3n) is 4.64. The maximum Gasteiger partial charge on any atom is 0.284 e. The van der Waals surface area contributed by atoms with Crippen LogP contribution in [0.25, 0.3) is 0 Å². The number of nitrogens with zero attached hydrogens (tertiary/aromatic N) is 2. The van der Waals surface area contributed by atoms with Gasteiger partial charge in [-0.25, -0.2) is 4.68 Å². The molecule has 0 saturated carbocycles. The molecule has 2 rings (SSSR count). The largest absolute Gasteiger partial charge is 0.483 e. The van der Waals surface area contributed by atoms with Crippen LogP contribution in [0.2, 0.25) is 0 Å². The van der Waals surface area contributed by atoms with Crippen LogP contribution in [-0.4, -0.2) is 22.3 Å². The minimum Gasteiger partial charge on any atom is -0.483 e. The molecule has 0 saturated heterocycles. The Morgan fingerprint density at radius 3 is 2.56 bits per heavy atom. The molecule has 1 heterocycles. The molecule has 25 heavy (non-hydrogen) atoms. The summed E-state index contributed by atoms with van der Waals surface area (Å²) in [5.74, 6) is 0.626. The second-order valence-electron chi connectivity index (χ2n) is 6.82. The van der Waals surface area contributed by atoms with E-state index < -0.39 is 0 Å². The van der Waals surface area contributed by atoms with Crippen molar-refractivity contribution in [3.05, 3.63) is 46.3 Å². The third kappa shape index (κ3) is 4.94. The van der Waals surface area contributed by atoms with Crippen molar-refractivity contribution in [1.29, 1.82) is 0 Å². The lowest BCUT2D eigenvalue weighted by atomic mass is 10.0. The van der Waals surface area contributed by atoms with Crippen LogP contribution in [-0.2, 0) is 6.42 Å². The van der Waals surface area contributed by atoms with Crippen molar-refractivity contribution >= 4 is 5.91 Å². The van der Waals surface area contributed by atoms with Crippen molar-refractivity contribution in [3.8, 4) is 5.75 Å². The number of carbonyl (C=O) groups is 1. The van der Waals surface area contributed by atoms with E-state index in [0.29, 0.717) is 0 Å². The zero-order valence-corrected chi connectivity index (χ0v) is 16.2. The molecule has 2 aromatic rings. The summed E-state index contributed by atoms with van der Waals surface area (Å²) in [6.07, 6.45) is 5.85. The van der Waals surface area contributed by atoms with Crippen molar-refractivity contribution in [2.24, 2.45) is 0 Å². The van der Waals surface area contributed by atoms with Gasteiger partial charge in [-0.05, 0) is 57.7 Å². The highest BCUT2D eigenvalue weighted by Gasteiger charge is 2.17. The number of hydrogen-bond donors (Lipinski definition) is 0. The van der Waals surface area contributed by atoms with Gasteiger partial charge in [0.1, 0.15) is 5.75 Å². The average molecular weight is 342 g/mol. The fourth-order valence-electron chi connectivity index (χ4n) is 3.17. The van der Waals surface area contributed by atoms with Gasteiger partial charge in [-0.1, -0.05) is 43.9 Å². The van der Waals surface area contributed by atoms with Crippen molar-refractivity contribution in [2.45, 2.75) is 66.7 Å². The van der Waals surface area contributed by atoms with Crippen LogP contribution >= 0.6 is 0 Å². The summed E-state index contributed by atoms with van der Waals surface area (Å²) in [5, 5.41) is 4.44. The van der Waals surface area contributed by atoms with Crippen LogP contribution < -0.4 is 4.74 Å². The summed E-state index contributed by atoms with van der Waals surface area (Å²) in [7, 11) is 0. The Labute approximate surface area is 151 Å². The second kappa shape index (κ2) is 8.84. The van der Waals surface area contributed by atoms with E-state index in [9.17, 15) is 4.79 Å². The highest BCUT2D eigenvalue weighted by molar-refractivity contribution is 5.80. The predicted molar refractivity (Wildman–Crippen MR) is 102 cm³/mol. The van der Waals surface area contributed by atoms with Gasteiger partial charge < -0.3 is 4.74 Å². The van der Waals surface area contributed by atoms with Crippen LogP contribution in [0, 0.1) is 27.7 Å². The maximum atomic E-state index is 12.5. The first-order valence-electron chi connectivity index (χ1n) is 9.22. The van der Waals surface area contributed by atoms with Crippen molar-refractivity contribution in [3.63, 3.8) is 0 Å². The molecule has 0 aliphatic heterocycles. The first kappa shape index (κ1) is 19.2. The van der Waals surface area contributed by atoms with Crippen LogP contribution in [0.3, 0.4) is 0 Å². The second-order valence-corrected chi connectivity index (χ2v) is 6.82. The number of hydrogen-bond acceptors (Lipinski definition) is 3. The number of benzene rings is 1. The fourth-order valence-corrected chi connectivity index (χ4v) is 3.17. The van der Waals surface area contributed by atoms with E-state index in [0.717, 1.165) is 35.5 Å². The molecule has 0 aliphatic rings. The molecule has 0 N–H and O–H groups in total. The molecular formula is C21H30N2O2. The van der Waals surface area contributed by atoms with Crippen LogP contribution in [0.1, 0.15) is 65.5 Å². The highest BCUT2D eigenvalue weighted by Crippen LogP contribution is 2.20. The SMILES string of the molecule is CCCCCCc1c(C)nn(C(=O)COc2ccc(C)cc2C)c1C. The smallest absolute Gasteiger partial charge is 0.284 e. The molecule has 0 fully saturated rings. The topological polar surface area (TPSA) is 44.1 Å². The van der Waals surface area contributed by atoms with E-state index in [1.54, 1.807) is 0 Å². The van der Waals surface area contributed by atoms with Crippen LogP contribution in [0.15, 0.2) is 18.2 Å². The van der Waals surface area contributed by atoms with Gasteiger partial charge in [-0.2, -0.15) is 5.10 Å². The Bertz CT molecular complexity index is 732. The number of aromatic nitrogens is 2. The molecule has 4 heteroatoms. The lowest BCUT2D eigenvalue weighted by Crippen LogP contribution is -2.22. The summed E-state index contributed by atoms with van der Waals surface area (Å²) in [4.78, 5) is 12.5. The van der Waals surface area contributed by atoms with E-state index >= 15 is 0 Å². The Kier molecular flexibility index (Phi) is 6.80. The van der Waals surface area contributed by atoms with Gasteiger partial charge in [0.2, 0.25) is 0 Å². The van der Waals surface area contributed by atoms with Gasteiger partial charge in [0, 0.05) is 5.69 Å². The standard InChI is InChI=1S/C21H30N2O2/c1-6-7-8-9-10-19-17(4)22-23(18(19)5)21(24)14-25-20-12-11-15(2)13-16(20)3/h11-13H,6-10,14H2,1-5H3. The van der Waals surface area contributed by atoms with Crippen molar-refractivity contribution in [1.82, 2.24) is 9.78 Å². The molecular weight excluding hydrogens is 312 g/mol. The Balaban J connectivity index is 2.01. The molecule has 0 unspecified atom stereocenters. The molecule has 0 bridgehead atoms.